The lowest BCUT2D eigenvalue weighted by Crippen LogP contribution is -2.36. The molecule has 6 heteroatoms. The summed E-state index contributed by atoms with van der Waals surface area (Å²) < 4.78 is 7.34. The van der Waals surface area contributed by atoms with Gasteiger partial charge in [-0.2, -0.15) is 0 Å². The van der Waals surface area contributed by atoms with Crippen LogP contribution >= 0.6 is 0 Å². The Morgan fingerprint density at radius 1 is 1.41 bits per heavy atom. The van der Waals surface area contributed by atoms with Crippen molar-refractivity contribution in [1.29, 1.82) is 0 Å². The Hall–Kier alpha value is -2.11. The maximum atomic E-state index is 12.0. The number of carbonyl (C=O) groups is 1. The maximum absolute atomic E-state index is 12.0. The molecule has 2 aromatic rings. The first-order valence-electron chi connectivity index (χ1n) is 7.77. The van der Waals surface area contributed by atoms with Crippen LogP contribution in [0.4, 0.5) is 0 Å². The average Bonchev–Trinajstić information content (AvgIpc) is 3.05. The molecule has 0 radical (unpaired) electrons. The van der Waals surface area contributed by atoms with E-state index >= 15 is 0 Å². The fourth-order valence-electron chi connectivity index (χ4n) is 3.12. The first-order chi connectivity index (χ1) is 10.5. The number of pyridine rings is 1. The van der Waals surface area contributed by atoms with Gasteiger partial charge in [0.05, 0.1) is 5.39 Å². The van der Waals surface area contributed by atoms with Crippen LogP contribution in [0.5, 0.6) is 5.88 Å². The molecule has 0 spiro atoms. The van der Waals surface area contributed by atoms with Gasteiger partial charge in [0.2, 0.25) is 5.88 Å². The fourth-order valence-corrected chi connectivity index (χ4v) is 3.12. The number of nitrogens with one attached hydrogen (secondary N) is 1. The molecule has 118 valence electrons. The average molecular weight is 302 g/mol. The van der Waals surface area contributed by atoms with Crippen molar-refractivity contribution in [2.75, 3.05) is 6.61 Å². The van der Waals surface area contributed by atoms with Gasteiger partial charge in [-0.25, -0.2) is 9.67 Å². The third kappa shape index (κ3) is 2.91. The van der Waals surface area contributed by atoms with Gasteiger partial charge in [-0.05, 0) is 38.3 Å². The van der Waals surface area contributed by atoms with Crippen LogP contribution in [-0.2, 0) is 11.8 Å². The minimum atomic E-state index is -0.0802. The number of hydrogen-bond acceptors (Lipinski definition) is 4. The van der Waals surface area contributed by atoms with E-state index < -0.39 is 0 Å². The van der Waals surface area contributed by atoms with Crippen molar-refractivity contribution in [3.8, 4) is 5.88 Å². The number of amides is 1. The number of aryl methyl sites for hydroxylation is 3. The van der Waals surface area contributed by atoms with Gasteiger partial charge in [0.1, 0.15) is 0 Å². The Labute approximate surface area is 129 Å². The van der Waals surface area contributed by atoms with Crippen LogP contribution < -0.4 is 10.1 Å². The highest BCUT2D eigenvalue weighted by atomic mass is 16.5. The van der Waals surface area contributed by atoms with E-state index in [1.54, 1.807) is 4.68 Å². The monoisotopic (exact) mass is 302 g/mol. The predicted octanol–water partition coefficient (Wildman–Crippen LogP) is 2.02. The second-order valence-corrected chi connectivity index (χ2v) is 6.05. The Morgan fingerprint density at radius 3 is 2.86 bits per heavy atom. The summed E-state index contributed by atoms with van der Waals surface area (Å²) in [5.41, 5.74) is 2.78. The molecule has 0 saturated heterocycles. The lowest BCUT2D eigenvalue weighted by Gasteiger charge is -2.11. The zero-order chi connectivity index (χ0) is 15.7. The third-order valence-corrected chi connectivity index (χ3v) is 4.15. The topological polar surface area (TPSA) is 69.0 Å². The van der Waals surface area contributed by atoms with E-state index in [9.17, 15) is 4.79 Å². The molecule has 6 nitrogen and oxygen atoms in total. The molecule has 2 aromatic heterocycles. The van der Waals surface area contributed by atoms with Crippen molar-refractivity contribution in [1.82, 2.24) is 20.1 Å². The Morgan fingerprint density at radius 2 is 2.14 bits per heavy atom. The lowest BCUT2D eigenvalue weighted by atomic mass is 10.2. The van der Waals surface area contributed by atoms with Gasteiger partial charge in [0.15, 0.2) is 12.3 Å². The molecule has 1 saturated carbocycles. The molecule has 3 rings (SSSR count). The molecule has 1 fully saturated rings. The van der Waals surface area contributed by atoms with Gasteiger partial charge < -0.3 is 10.1 Å². The number of ether oxygens (including phenoxy) is 1. The van der Waals surface area contributed by atoms with E-state index in [1.165, 1.54) is 12.8 Å². The second kappa shape index (κ2) is 5.94. The van der Waals surface area contributed by atoms with Crippen LogP contribution in [0.2, 0.25) is 0 Å². The zero-order valence-electron chi connectivity index (χ0n) is 13.3. The number of aromatic nitrogens is 3. The van der Waals surface area contributed by atoms with Crippen molar-refractivity contribution in [2.45, 2.75) is 45.6 Å². The zero-order valence-corrected chi connectivity index (χ0v) is 13.3. The van der Waals surface area contributed by atoms with Crippen molar-refractivity contribution >= 4 is 16.9 Å². The number of fused-ring (bicyclic) bond motifs is 1. The van der Waals surface area contributed by atoms with Gasteiger partial charge >= 0.3 is 0 Å². The summed E-state index contributed by atoms with van der Waals surface area (Å²) in [5, 5.41) is 8.24. The molecular weight excluding hydrogens is 280 g/mol. The van der Waals surface area contributed by atoms with Gasteiger partial charge in [-0.3, -0.25) is 4.79 Å². The highest BCUT2D eigenvalue weighted by molar-refractivity contribution is 5.85. The summed E-state index contributed by atoms with van der Waals surface area (Å²) in [6.45, 7) is 3.95. The van der Waals surface area contributed by atoms with Gasteiger partial charge in [-0.15, -0.1) is 5.10 Å². The van der Waals surface area contributed by atoms with Crippen LogP contribution in [0.25, 0.3) is 11.0 Å². The quantitative estimate of drug-likeness (QED) is 0.938. The maximum Gasteiger partial charge on any atom is 0.258 e. The molecule has 0 atom stereocenters. The summed E-state index contributed by atoms with van der Waals surface area (Å²) in [7, 11) is 1.83. The van der Waals surface area contributed by atoms with Gasteiger partial charge in [-0.1, -0.05) is 12.8 Å². The van der Waals surface area contributed by atoms with E-state index in [0.29, 0.717) is 11.9 Å². The van der Waals surface area contributed by atoms with Crippen LogP contribution in [-0.4, -0.2) is 33.3 Å². The first kappa shape index (κ1) is 14.8. The molecule has 0 bridgehead atoms. The highest BCUT2D eigenvalue weighted by Crippen LogP contribution is 2.27. The molecule has 1 aliphatic carbocycles. The van der Waals surface area contributed by atoms with Gasteiger partial charge in [0, 0.05) is 18.8 Å². The molecule has 0 aromatic carbocycles. The SMILES string of the molecule is Cc1cc(C)c2c(OCC(=O)NC3CCCC3)nn(C)c2n1. The summed E-state index contributed by atoms with van der Waals surface area (Å²) in [6.07, 6.45) is 4.53. The van der Waals surface area contributed by atoms with Crippen LogP contribution in [0.3, 0.4) is 0 Å². The number of nitrogens with zero attached hydrogens (tertiary/aromatic N) is 3. The molecular formula is C16H22N4O2. The second-order valence-electron chi connectivity index (χ2n) is 6.05. The summed E-state index contributed by atoms with van der Waals surface area (Å²) >= 11 is 0. The van der Waals surface area contributed by atoms with E-state index in [2.05, 4.69) is 15.4 Å². The smallest absolute Gasteiger partial charge is 0.258 e. The number of rotatable bonds is 4. The van der Waals surface area contributed by atoms with E-state index in [4.69, 9.17) is 4.74 Å². The molecule has 1 aliphatic rings. The van der Waals surface area contributed by atoms with Crippen molar-refractivity contribution in [3.63, 3.8) is 0 Å². The highest BCUT2D eigenvalue weighted by Gasteiger charge is 2.19. The summed E-state index contributed by atoms with van der Waals surface area (Å²) in [4.78, 5) is 16.5. The molecule has 2 heterocycles. The molecule has 1 N–H and O–H groups in total. The van der Waals surface area contributed by atoms with E-state index in [-0.39, 0.29) is 12.5 Å². The van der Waals surface area contributed by atoms with E-state index in [1.807, 2.05) is 27.0 Å². The Bertz CT molecular complexity index is 702. The van der Waals surface area contributed by atoms with Crippen LogP contribution in [0.1, 0.15) is 36.9 Å². The first-order valence-corrected chi connectivity index (χ1v) is 7.77. The summed E-state index contributed by atoms with van der Waals surface area (Å²) in [5.74, 6) is 0.396. The largest absolute Gasteiger partial charge is 0.466 e. The Balaban J connectivity index is 1.72. The lowest BCUT2D eigenvalue weighted by molar-refractivity contribution is -0.123. The van der Waals surface area contributed by atoms with Crippen LogP contribution in [0, 0.1) is 13.8 Å². The third-order valence-electron chi connectivity index (χ3n) is 4.15. The molecule has 22 heavy (non-hydrogen) atoms. The number of hydrogen-bond donors (Lipinski definition) is 1. The molecule has 0 unspecified atom stereocenters. The molecule has 0 aliphatic heterocycles. The Kier molecular flexibility index (Phi) is 4.00. The number of carbonyl (C=O) groups excluding carboxylic acids is 1. The predicted molar refractivity (Wildman–Crippen MR) is 83.9 cm³/mol. The molecule has 1 amide bonds. The minimum Gasteiger partial charge on any atom is -0.466 e. The standard InChI is InChI=1S/C16H22N4O2/c1-10-8-11(2)17-15-14(10)16(19-20(15)3)22-9-13(21)18-12-6-4-5-7-12/h8,12H,4-7,9H2,1-3H3,(H,18,21). The van der Waals surface area contributed by atoms with Crippen LogP contribution in [0.15, 0.2) is 6.07 Å². The van der Waals surface area contributed by atoms with Gasteiger partial charge in [0.25, 0.3) is 5.91 Å². The minimum absolute atomic E-state index is 0.00404. The van der Waals surface area contributed by atoms with E-state index in [0.717, 1.165) is 35.1 Å². The summed E-state index contributed by atoms with van der Waals surface area (Å²) in [6, 6.07) is 2.30. The van der Waals surface area contributed by atoms with Crippen molar-refractivity contribution in [2.24, 2.45) is 7.05 Å². The van der Waals surface area contributed by atoms with Crippen molar-refractivity contribution < 1.29 is 9.53 Å². The van der Waals surface area contributed by atoms with Crippen molar-refractivity contribution in [3.05, 3.63) is 17.3 Å². The fraction of sp³-hybridized carbons (Fsp3) is 0.562. The normalized spacial score (nSPS) is 15.4.